The largest absolute Gasteiger partial charge is 0.507 e. The van der Waals surface area contributed by atoms with E-state index >= 15 is 0 Å². The van der Waals surface area contributed by atoms with Crippen LogP contribution in [0.2, 0.25) is 0 Å². The summed E-state index contributed by atoms with van der Waals surface area (Å²) < 4.78 is 5.78. The molecule has 2 nitrogen and oxygen atoms in total. The average Bonchev–Trinajstić information content (AvgIpc) is 2.58. The van der Waals surface area contributed by atoms with Crippen LogP contribution in [-0.4, -0.2) is 18.3 Å². The van der Waals surface area contributed by atoms with E-state index in [0.29, 0.717) is 5.76 Å². The van der Waals surface area contributed by atoms with Crippen molar-refractivity contribution >= 4 is 5.57 Å². The maximum Gasteiger partial charge on any atom is 0.124 e. The highest BCUT2D eigenvalue weighted by atomic mass is 16.5. The van der Waals surface area contributed by atoms with Crippen LogP contribution in [-0.2, 0) is 4.74 Å². The number of aliphatic hydroxyl groups excluding tert-OH is 1. The molecule has 112 valence electrons. The minimum Gasteiger partial charge on any atom is -0.507 e. The van der Waals surface area contributed by atoms with Crippen molar-refractivity contribution < 1.29 is 9.84 Å². The molecule has 2 unspecified atom stereocenters. The summed E-state index contributed by atoms with van der Waals surface area (Å²) in [6.45, 7) is 1.94. The molecule has 0 aliphatic heterocycles. The zero-order valence-corrected chi connectivity index (χ0v) is 12.9. The van der Waals surface area contributed by atoms with E-state index in [-0.39, 0.29) is 12.0 Å². The van der Waals surface area contributed by atoms with Crippen molar-refractivity contribution in [3.05, 3.63) is 89.2 Å². The van der Waals surface area contributed by atoms with Crippen LogP contribution in [0.3, 0.4) is 0 Å². The maximum atomic E-state index is 10.6. The molecule has 2 aromatic carbocycles. The molecular formula is C20H20O2. The fourth-order valence-corrected chi connectivity index (χ4v) is 3.09. The SMILES string of the molecule is COC1C(c2ccccc2)=C(O)C(C)=CC1c1ccccc1. The van der Waals surface area contributed by atoms with Crippen LogP contribution in [0.5, 0.6) is 0 Å². The van der Waals surface area contributed by atoms with Crippen molar-refractivity contribution in [3.8, 4) is 0 Å². The van der Waals surface area contributed by atoms with Crippen LogP contribution < -0.4 is 0 Å². The van der Waals surface area contributed by atoms with Gasteiger partial charge in [-0.3, -0.25) is 0 Å². The second-order valence-electron chi connectivity index (χ2n) is 5.57. The predicted octanol–water partition coefficient (Wildman–Crippen LogP) is 4.71. The number of hydrogen-bond donors (Lipinski definition) is 1. The van der Waals surface area contributed by atoms with Gasteiger partial charge in [0.2, 0.25) is 0 Å². The summed E-state index contributed by atoms with van der Waals surface area (Å²) in [5.74, 6) is 0.419. The highest BCUT2D eigenvalue weighted by molar-refractivity contribution is 5.76. The minimum absolute atomic E-state index is 0.0947. The third-order valence-electron chi connectivity index (χ3n) is 4.19. The van der Waals surface area contributed by atoms with Crippen molar-refractivity contribution in [1.29, 1.82) is 0 Å². The van der Waals surface area contributed by atoms with Crippen LogP contribution >= 0.6 is 0 Å². The van der Waals surface area contributed by atoms with Gasteiger partial charge in [-0.1, -0.05) is 66.7 Å². The van der Waals surface area contributed by atoms with Gasteiger partial charge < -0.3 is 9.84 Å². The lowest BCUT2D eigenvalue weighted by Crippen LogP contribution is -2.26. The Balaban J connectivity index is 2.11. The van der Waals surface area contributed by atoms with Gasteiger partial charge in [-0.25, -0.2) is 0 Å². The summed E-state index contributed by atoms with van der Waals surface area (Å²) in [5.41, 5.74) is 3.94. The minimum atomic E-state index is -0.200. The first-order valence-corrected chi connectivity index (χ1v) is 7.47. The van der Waals surface area contributed by atoms with Gasteiger partial charge in [0.15, 0.2) is 0 Å². The Morgan fingerprint density at radius 1 is 0.909 bits per heavy atom. The van der Waals surface area contributed by atoms with Gasteiger partial charge >= 0.3 is 0 Å². The van der Waals surface area contributed by atoms with E-state index in [4.69, 9.17) is 4.74 Å². The Morgan fingerprint density at radius 2 is 1.50 bits per heavy atom. The Bertz CT molecular complexity index is 699. The van der Waals surface area contributed by atoms with Crippen LogP contribution in [0, 0.1) is 0 Å². The van der Waals surface area contributed by atoms with Crippen LogP contribution in [0.1, 0.15) is 24.0 Å². The molecule has 1 aliphatic rings. The molecule has 1 aliphatic carbocycles. The molecule has 2 aromatic rings. The lowest BCUT2D eigenvalue weighted by molar-refractivity contribution is 0.132. The lowest BCUT2D eigenvalue weighted by atomic mass is 9.79. The summed E-state index contributed by atoms with van der Waals surface area (Å²) in [5, 5.41) is 10.6. The fourth-order valence-electron chi connectivity index (χ4n) is 3.09. The smallest absolute Gasteiger partial charge is 0.124 e. The van der Waals surface area contributed by atoms with Crippen molar-refractivity contribution in [2.45, 2.75) is 18.9 Å². The molecule has 0 bridgehead atoms. The first-order valence-electron chi connectivity index (χ1n) is 7.47. The van der Waals surface area contributed by atoms with E-state index in [0.717, 1.165) is 16.7 Å². The molecule has 22 heavy (non-hydrogen) atoms. The standard InChI is InChI=1S/C20H20O2/c1-14-13-17(15-9-5-3-6-10-15)20(22-2)18(19(14)21)16-11-7-4-8-12-16/h3-13,17,20-21H,1-2H3. The molecule has 0 saturated heterocycles. The van der Waals surface area contributed by atoms with Gasteiger partial charge in [-0.05, 0) is 23.6 Å². The number of methoxy groups -OCH3 is 1. The summed E-state index contributed by atoms with van der Waals surface area (Å²) in [6, 6.07) is 20.2. The number of allylic oxidation sites excluding steroid dienone is 1. The molecule has 0 amide bonds. The van der Waals surface area contributed by atoms with Crippen LogP contribution in [0.25, 0.3) is 5.57 Å². The lowest BCUT2D eigenvalue weighted by Gasteiger charge is -2.32. The number of benzene rings is 2. The second-order valence-corrected chi connectivity index (χ2v) is 5.57. The highest BCUT2D eigenvalue weighted by Crippen LogP contribution is 2.40. The van der Waals surface area contributed by atoms with Crippen LogP contribution in [0.15, 0.2) is 78.1 Å². The fraction of sp³-hybridized carbons (Fsp3) is 0.200. The van der Waals surface area contributed by atoms with Gasteiger partial charge in [0.25, 0.3) is 0 Å². The zero-order valence-electron chi connectivity index (χ0n) is 12.9. The Kier molecular flexibility index (Phi) is 4.12. The number of hydrogen-bond acceptors (Lipinski definition) is 2. The molecule has 0 heterocycles. The summed E-state index contributed by atoms with van der Waals surface area (Å²) in [4.78, 5) is 0. The molecule has 2 atom stereocenters. The topological polar surface area (TPSA) is 29.5 Å². The van der Waals surface area contributed by atoms with E-state index < -0.39 is 0 Å². The normalized spacial score (nSPS) is 21.6. The molecular weight excluding hydrogens is 272 g/mol. The Hall–Kier alpha value is -2.32. The average molecular weight is 292 g/mol. The Labute approximate surface area is 131 Å². The molecule has 0 saturated carbocycles. The van der Waals surface area contributed by atoms with Gasteiger partial charge in [0.1, 0.15) is 5.76 Å². The monoisotopic (exact) mass is 292 g/mol. The summed E-state index contributed by atoms with van der Waals surface area (Å²) in [7, 11) is 1.70. The molecule has 2 heteroatoms. The van der Waals surface area contributed by atoms with Crippen LogP contribution in [0.4, 0.5) is 0 Å². The van der Waals surface area contributed by atoms with Gasteiger partial charge in [0.05, 0.1) is 6.10 Å². The highest BCUT2D eigenvalue weighted by Gasteiger charge is 2.32. The molecule has 0 fully saturated rings. The molecule has 0 spiro atoms. The third kappa shape index (κ3) is 2.58. The van der Waals surface area contributed by atoms with Crippen molar-refractivity contribution in [2.75, 3.05) is 7.11 Å². The molecule has 3 rings (SSSR count). The number of rotatable bonds is 3. The first-order chi connectivity index (χ1) is 10.7. The maximum absolute atomic E-state index is 10.6. The summed E-state index contributed by atoms with van der Waals surface area (Å²) in [6.07, 6.45) is 1.89. The number of ether oxygens (including phenoxy) is 1. The van der Waals surface area contributed by atoms with E-state index in [1.807, 2.05) is 55.5 Å². The van der Waals surface area contributed by atoms with Crippen molar-refractivity contribution in [2.24, 2.45) is 0 Å². The van der Waals surface area contributed by atoms with E-state index in [1.165, 1.54) is 5.56 Å². The quantitative estimate of drug-likeness (QED) is 0.887. The van der Waals surface area contributed by atoms with Gasteiger partial charge in [0, 0.05) is 18.6 Å². The third-order valence-corrected chi connectivity index (χ3v) is 4.19. The van der Waals surface area contributed by atoms with E-state index in [2.05, 4.69) is 18.2 Å². The molecule has 0 radical (unpaired) electrons. The van der Waals surface area contributed by atoms with E-state index in [9.17, 15) is 5.11 Å². The summed E-state index contributed by atoms with van der Waals surface area (Å²) >= 11 is 0. The van der Waals surface area contributed by atoms with Crippen molar-refractivity contribution in [3.63, 3.8) is 0 Å². The molecule has 0 aromatic heterocycles. The van der Waals surface area contributed by atoms with Gasteiger partial charge in [-0.15, -0.1) is 0 Å². The van der Waals surface area contributed by atoms with Gasteiger partial charge in [-0.2, -0.15) is 0 Å². The Morgan fingerprint density at radius 3 is 2.09 bits per heavy atom. The molecule has 1 N–H and O–H groups in total. The van der Waals surface area contributed by atoms with Crippen molar-refractivity contribution in [1.82, 2.24) is 0 Å². The first kappa shape index (κ1) is 14.6. The second kappa shape index (κ2) is 6.20. The van der Waals surface area contributed by atoms with E-state index in [1.54, 1.807) is 7.11 Å². The zero-order chi connectivity index (χ0) is 15.5. The predicted molar refractivity (Wildman–Crippen MR) is 89.7 cm³/mol. The number of aliphatic hydroxyl groups is 1.